The second kappa shape index (κ2) is 11.5. The highest BCUT2D eigenvalue weighted by Crippen LogP contribution is 2.40. The molecule has 1 fully saturated rings. The smallest absolute Gasteiger partial charge is 0.146 e. The van der Waals surface area contributed by atoms with Crippen LogP contribution in [0.25, 0.3) is 5.57 Å². The van der Waals surface area contributed by atoms with Crippen LogP contribution in [0, 0.1) is 12.3 Å². The van der Waals surface area contributed by atoms with Crippen molar-refractivity contribution >= 4 is 5.57 Å². The van der Waals surface area contributed by atoms with Gasteiger partial charge in [-0.2, -0.15) is 4.89 Å². The molecule has 1 N–H and O–H groups in total. The van der Waals surface area contributed by atoms with Crippen molar-refractivity contribution in [3.05, 3.63) is 70.8 Å². The van der Waals surface area contributed by atoms with E-state index in [-0.39, 0.29) is 6.61 Å². The molecule has 2 aromatic rings. The second-order valence-electron chi connectivity index (χ2n) is 6.96. The third-order valence-corrected chi connectivity index (χ3v) is 5.31. The first-order valence-corrected chi connectivity index (χ1v) is 10.1. The van der Waals surface area contributed by atoms with Gasteiger partial charge >= 0.3 is 0 Å². The van der Waals surface area contributed by atoms with Gasteiger partial charge in [-0.3, -0.25) is 0 Å². The first kappa shape index (κ1) is 22.0. The Balaban J connectivity index is 0.000000318. The summed E-state index contributed by atoms with van der Waals surface area (Å²) in [7, 11) is 0. The highest BCUT2D eigenvalue weighted by atomic mass is 17.6. The van der Waals surface area contributed by atoms with Crippen LogP contribution < -0.4 is 4.74 Å². The molecule has 2 aliphatic heterocycles. The lowest BCUT2D eigenvalue weighted by molar-refractivity contribution is -0.620. The van der Waals surface area contributed by atoms with Gasteiger partial charge < -0.3 is 9.64 Å². The monoisotopic (exact) mass is 409 g/mol. The summed E-state index contributed by atoms with van der Waals surface area (Å²) in [5.41, 5.74) is 6.92. The third kappa shape index (κ3) is 5.48. The lowest BCUT2D eigenvalue weighted by Crippen LogP contribution is -2.30. The highest BCUT2D eigenvalue weighted by molar-refractivity contribution is 5.87. The summed E-state index contributed by atoms with van der Waals surface area (Å²) >= 11 is 0. The average molecular weight is 409 g/mol. The zero-order valence-corrected chi connectivity index (χ0v) is 17.2. The normalized spacial score (nSPS) is 15.6. The number of terminal acetylenes is 1. The molecule has 6 nitrogen and oxygen atoms in total. The number of fused-ring (bicyclic) bond motifs is 2. The topological polar surface area (TPSA) is 60.4 Å². The number of ether oxygens (including phenoxy) is 1. The maximum atomic E-state index is 7.38. The summed E-state index contributed by atoms with van der Waals surface area (Å²) < 4.78 is 6.09. The van der Waals surface area contributed by atoms with Crippen LogP contribution in [0.2, 0.25) is 0 Å². The van der Waals surface area contributed by atoms with E-state index in [0.29, 0.717) is 6.61 Å². The number of benzene rings is 2. The molecular formula is C24H27NO5. The number of hydrogen-bond acceptors (Lipinski definition) is 6. The number of para-hydroxylation sites is 1. The van der Waals surface area contributed by atoms with E-state index in [1.54, 1.807) is 5.57 Å². The predicted octanol–water partition coefficient (Wildman–Crippen LogP) is 4.47. The van der Waals surface area contributed by atoms with Crippen LogP contribution >= 0.6 is 0 Å². The van der Waals surface area contributed by atoms with Gasteiger partial charge in [-0.25, -0.2) is 5.26 Å². The maximum absolute atomic E-state index is 7.38. The molecule has 0 saturated carbocycles. The molecule has 6 heteroatoms. The summed E-state index contributed by atoms with van der Waals surface area (Å²) in [6.45, 7) is 6.34. The molecule has 0 radical (unpaired) electrons. The average Bonchev–Trinajstić information content (AvgIpc) is 2.97. The van der Waals surface area contributed by atoms with E-state index in [9.17, 15) is 0 Å². The molecule has 0 bridgehead atoms. The minimum Gasteiger partial charge on any atom is -0.488 e. The molecule has 2 aromatic carbocycles. The van der Waals surface area contributed by atoms with E-state index in [1.165, 1.54) is 35.4 Å². The Kier molecular flexibility index (Phi) is 8.45. The summed E-state index contributed by atoms with van der Waals surface area (Å²) in [4.78, 5) is 6.46. The van der Waals surface area contributed by atoms with Gasteiger partial charge in [-0.15, -0.1) is 6.42 Å². The molecule has 1 saturated heterocycles. The number of likely N-dealkylation sites (tertiary alicyclic amines) is 1. The Hall–Kier alpha value is -2.66. The lowest BCUT2D eigenvalue weighted by Gasteiger charge is -2.29. The molecule has 0 atom stereocenters. The Bertz CT molecular complexity index is 843. The fourth-order valence-electron chi connectivity index (χ4n) is 3.84. The van der Waals surface area contributed by atoms with Gasteiger partial charge in [-0.1, -0.05) is 60.9 Å². The van der Waals surface area contributed by atoms with Crippen molar-refractivity contribution in [3.8, 4) is 18.1 Å². The van der Waals surface area contributed by atoms with Crippen molar-refractivity contribution in [1.82, 2.24) is 4.90 Å². The van der Waals surface area contributed by atoms with Crippen LogP contribution in [0.5, 0.6) is 5.75 Å². The highest BCUT2D eigenvalue weighted by Gasteiger charge is 2.23. The molecule has 0 amide bonds. The number of piperidine rings is 1. The number of nitrogens with zero attached hydrogens (tertiary/aromatic N) is 1. The molecule has 158 valence electrons. The fraction of sp³-hybridized carbons (Fsp3) is 0.333. The molecular weight excluding hydrogens is 382 g/mol. The number of rotatable bonds is 4. The van der Waals surface area contributed by atoms with Gasteiger partial charge in [-0.05, 0) is 52.2 Å². The molecule has 0 aliphatic carbocycles. The summed E-state index contributed by atoms with van der Waals surface area (Å²) in [5, 5.41) is 13.9. The quantitative estimate of drug-likeness (QED) is 0.348. The third-order valence-electron chi connectivity index (χ3n) is 5.31. The van der Waals surface area contributed by atoms with Crippen LogP contribution in [0.15, 0.2) is 54.1 Å². The fourth-order valence-corrected chi connectivity index (χ4v) is 3.84. The van der Waals surface area contributed by atoms with Gasteiger partial charge in [0.2, 0.25) is 0 Å². The van der Waals surface area contributed by atoms with Crippen molar-refractivity contribution in [3.63, 3.8) is 0 Å². The van der Waals surface area contributed by atoms with Crippen molar-refractivity contribution < 1.29 is 25.0 Å². The summed E-state index contributed by atoms with van der Waals surface area (Å²) in [5.74, 6) is 3.08. The van der Waals surface area contributed by atoms with E-state index < -0.39 is 0 Å². The van der Waals surface area contributed by atoms with Crippen LogP contribution in [0.4, 0.5) is 0 Å². The Morgan fingerprint density at radius 3 is 2.47 bits per heavy atom. The first-order chi connectivity index (χ1) is 14.8. The van der Waals surface area contributed by atoms with Gasteiger partial charge in [0, 0.05) is 18.7 Å². The van der Waals surface area contributed by atoms with Crippen LogP contribution in [-0.2, 0) is 21.6 Å². The van der Waals surface area contributed by atoms with Gasteiger partial charge in [0.15, 0.2) is 0 Å². The Morgan fingerprint density at radius 2 is 1.77 bits per heavy atom. The predicted molar refractivity (Wildman–Crippen MR) is 114 cm³/mol. The van der Waals surface area contributed by atoms with Crippen molar-refractivity contribution in [2.45, 2.75) is 26.4 Å². The zero-order valence-electron chi connectivity index (χ0n) is 17.2. The van der Waals surface area contributed by atoms with Crippen LogP contribution in [0.3, 0.4) is 0 Å². The van der Waals surface area contributed by atoms with Crippen molar-refractivity contribution in [2.75, 3.05) is 26.2 Å². The van der Waals surface area contributed by atoms with Crippen molar-refractivity contribution in [1.29, 1.82) is 0 Å². The van der Waals surface area contributed by atoms with Crippen LogP contribution in [-0.4, -0.2) is 36.4 Å². The molecule has 0 unspecified atom stereocenters. The maximum Gasteiger partial charge on any atom is 0.146 e. The number of hydrogen-bond donors (Lipinski definition) is 1. The lowest BCUT2D eigenvalue weighted by atomic mass is 9.86. The molecule has 4 rings (SSSR count). The van der Waals surface area contributed by atoms with E-state index >= 15 is 0 Å². The Labute approximate surface area is 177 Å². The molecule has 0 aromatic heterocycles. The minimum absolute atomic E-state index is 0.0550. The largest absolute Gasteiger partial charge is 0.488 e. The minimum atomic E-state index is -0.0550. The molecule has 2 heterocycles. The Morgan fingerprint density at radius 1 is 1.07 bits per heavy atom. The van der Waals surface area contributed by atoms with E-state index in [2.05, 4.69) is 87.7 Å². The molecule has 0 spiro atoms. The second-order valence-corrected chi connectivity index (χ2v) is 6.96. The molecule has 30 heavy (non-hydrogen) atoms. The summed E-state index contributed by atoms with van der Waals surface area (Å²) in [6, 6.07) is 17.2. The zero-order chi connectivity index (χ0) is 21.2. The van der Waals surface area contributed by atoms with E-state index in [0.717, 1.165) is 25.1 Å². The van der Waals surface area contributed by atoms with Crippen molar-refractivity contribution in [2.24, 2.45) is 0 Å². The van der Waals surface area contributed by atoms with E-state index in [4.69, 9.17) is 9.99 Å². The van der Waals surface area contributed by atoms with Gasteiger partial charge in [0.05, 0.1) is 0 Å². The standard InChI is InChI=1S/C21H23NO.C3H4O4/c1-2-22-13-11-16(12-14-22)21-18-8-4-3-7-17(18)15-23-20-10-6-5-9-19(20)21;1-2-3-5-7-6-4/h3-10H,2,11-15H2,1H3;1,4H,3H2. The molecule has 2 aliphatic rings. The van der Waals surface area contributed by atoms with Crippen LogP contribution in [0.1, 0.15) is 36.5 Å². The SMILES string of the molecule is C#CCOOOO.CCN1CCC(=C2c3ccccc3COc3ccccc32)CC1. The first-order valence-electron chi connectivity index (χ1n) is 10.1. The summed E-state index contributed by atoms with van der Waals surface area (Å²) in [6.07, 6.45) is 6.99. The van der Waals surface area contributed by atoms with E-state index in [1.807, 2.05) is 0 Å². The van der Waals surface area contributed by atoms with Gasteiger partial charge in [0.1, 0.15) is 19.0 Å². The van der Waals surface area contributed by atoms with Gasteiger partial charge in [0.25, 0.3) is 0 Å².